The number of carbonyl (C=O) groups excluding carboxylic acids is 2. The standard InChI is InChI=1S/C39H53N2O4Si/c1-29(2)27-34(33(37(43)44-39(6,7)8)26-18-21-30-19-12-9-13-20-30)36(42)41-40-28-35(38(3,4)5)45-46(31-22-14-10-15-23-31)32-24-16-11-17-25-32/h9-25,29,33-35,40H,26-28H2,1-8H3,(H,41,42)/b21-18+/t33-,34+,35?/m0/s1. The molecule has 2 N–H and O–H groups in total. The maximum absolute atomic E-state index is 13.9. The Hall–Kier alpha value is -3.52. The molecule has 0 aliphatic heterocycles. The first-order valence-electron chi connectivity index (χ1n) is 16.4. The minimum Gasteiger partial charge on any atom is -0.460 e. The van der Waals surface area contributed by atoms with Gasteiger partial charge in [-0.1, -0.05) is 138 Å². The van der Waals surface area contributed by atoms with Crippen molar-refractivity contribution in [1.29, 1.82) is 0 Å². The van der Waals surface area contributed by atoms with E-state index in [9.17, 15) is 9.59 Å². The fraction of sp³-hybridized carbons (Fsp3) is 0.436. The highest BCUT2D eigenvalue weighted by Gasteiger charge is 2.37. The topological polar surface area (TPSA) is 76.7 Å². The molecule has 0 spiro atoms. The van der Waals surface area contributed by atoms with E-state index in [1.54, 1.807) is 0 Å². The van der Waals surface area contributed by atoms with Crippen LogP contribution in [0.15, 0.2) is 97.1 Å². The molecule has 247 valence electrons. The zero-order valence-electron chi connectivity index (χ0n) is 28.9. The molecule has 3 rings (SSSR count). The molecule has 1 radical (unpaired) electrons. The first-order chi connectivity index (χ1) is 21.7. The van der Waals surface area contributed by atoms with Gasteiger partial charge in [-0.3, -0.25) is 15.0 Å². The minimum atomic E-state index is -1.56. The Balaban J connectivity index is 1.79. The quantitative estimate of drug-likeness (QED) is 0.112. The molecule has 6 nitrogen and oxygen atoms in total. The average molecular weight is 642 g/mol. The van der Waals surface area contributed by atoms with E-state index in [0.29, 0.717) is 19.4 Å². The van der Waals surface area contributed by atoms with E-state index in [0.717, 1.165) is 15.9 Å². The molecule has 0 saturated carbocycles. The normalized spacial score (nSPS) is 14.3. The van der Waals surface area contributed by atoms with Crippen molar-refractivity contribution in [3.8, 4) is 0 Å². The van der Waals surface area contributed by atoms with Gasteiger partial charge in [-0.15, -0.1) is 0 Å². The van der Waals surface area contributed by atoms with E-state index in [2.05, 4.69) is 69.7 Å². The van der Waals surface area contributed by atoms with Gasteiger partial charge in [-0.25, -0.2) is 5.43 Å². The van der Waals surface area contributed by atoms with Crippen LogP contribution in [0.4, 0.5) is 0 Å². The molecular formula is C39H53N2O4Si. The summed E-state index contributed by atoms with van der Waals surface area (Å²) in [5.41, 5.74) is 6.32. The van der Waals surface area contributed by atoms with Crippen LogP contribution in [0.1, 0.15) is 73.8 Å². The van der Waals surface area contributed by atoms with Crippen molar-refractivity contribution in [2.24, 2.45) is 23.2 Å². The third-order valence-electron chi connectivity index (χ3n) is 7.55. The van der Waals surface area contributed by atoms with E-state index < -0.39 is 26.5 Å². The second-order valence-corrected chi connectivity index (χ2v) is 16.4. The predicted octanol–water partition coefficient (Wildman–Crippen LogP) is 6.57. The molecule has 7 heteroatoms. The van der Waals surface area contributed by atoms with Crippen molar-refractivity contribution in [3.05, 3.63) is 103 Å². The van der Waals surface area contributed by atoms with Gasteiger partial charge in [0.25, 0.3) is 9.04 Å². The Kier molecular flexibility index (Phi) is 14.0. The molecule has 46 heavy (non-hydrogen) atoms. The van der Waals surface area contributed by atoms with E-state index in [1.165, 1.54) is 0 Å². The first-order valence-corrected chi connectivity index (χ1v) is 17.8. The lowest BCUT2D eigenvalue weighted by Gasteiger charge is -2.34. The van der Waals surface area contributed by atoms with E-state index in [-0.39, 0.29) is 29.3 Å². The number of nitrogens with one attached hydrogen (secondary N) is 2. The van der Waals surface area contributed by atoms with Crippen molar-refractivity contribution in [2.45, 2.75) is 79.9 Å². The third-order valence-corrected chi connectivity index (χ3v) is 9.79. The van der Waals surface area contributed by atoms with Gasteiger partial charge in [0.1, 0.15) is 5.60 Å². The molecule has 3 atom stereocenters. The smallest absolute Gasteiger partial charge is 0.310 e. The molecule has 0 bridgehead atoms. The summed E-state index contributed by atoms with van der Waals surface area (Å²) in [6, 6.07) is 30.6. The largest absolute Gasteiger partial charge is 0.460 e. The van der Waals surface area contributed by atoms with Crippen molar-refractivity contribution in [2.75, 3.05) is 6.54 Å². The van der Waals surface area contributed by atoms with Crippen LogP contribution in [0.25, 0.3) is 6.08 Å². The Morgan fingerprint density at radius 3 is 1.78 bits per heavy atom. The van der Waals surface area contributed by atoms with Crippen LogP contribution < -0.4 is 21.2 Å². The lowest BCUT2D eigenvalue weighted by Crippen LogP contribution is -2.54. The molecule has 0 aromatic heterocycles. The highest BCUT2D eigenvalue weighted by Crippen LogP contribution is 2.28. The molecule has 0 aliphatic carbocycles. The number of carbonyl (C=O) groups is 2. The number of hydrogen-bond donors (Lipinski definition) is 2. The molecule has 3 aromatic rings. The van der Waals surface area contributed by atoms with Crippen molar-refractivity contribution in [1.82, 2.24) is 10.9 Å². The third kappa shape index (κ3) is 12.3. The van der Waals surface area contributed by atoms with Crippen molar-refractivity contribution < 1.29 is 18.8 Å². The minimum absolute atomic E-state index is 0.200. The summed E-state index contributed by atoms with van der Waals surface area (Å²) in [7, 11) is -1.56. The fourth-order valence-electron chi connectivity index (χ4n) is 5.15. The maximum atomic E-state index is 13.9. The van der Waals surface area contributed by atoms with Crippen LogP contribution in [0, 0.1) is 23.2 Å². The lowest BCUT2D eigenvalue weighted by molar-refractivity contribution is -0.164. The summed E-state index contributed by atoms with van der Waals surface area (Å²) in [5.74, 6) is -1.60. The van der Waals surface area contributed by atoms with Gasteiger partial charge >= 0.3 is 5.97 Å². The number of allylic oxidation sites excluding steroid dienone is 1. The van der Waals surface area contributed by atoms with Crippen LogP contribution in [0.5, 0.6) is 0 Å². The van der Waals surface area contributed by atoms with E-state index >= 15 is 0 Å². The first kappa shape index (κ1) is 36.9. The van der Waals surface area contributed by atoms with E-state index in [4.69, 9.17) is 9.16 Å². The number of amides is 1. The van der Waals surface area contributed by atoms with Crippen molar-refractivity contribution in [3.63, 3.8) is 0 Å². The van der Waals surface area contributed by atoms with Gasteiger partial charge in [-0.05, 0) is 60.9 Å². The van der Waals surface area contributed by atoms with Gasteiger partial charge in [0, 0.05) is 6.54 Å². The highest BCUT2D eigenvalue weighted by molar-refractivity contribution is 6.80. The Labute approximate surface area is 278 Å². The number of hydrogen-bond acceptors (Lipinski definition) is 5. The van der Waals surface area contributed by atoms with Crippen LogP contribution in [-0.4, -0.2) is 39.2 Å². The Morgan fingerprint density at radius 2 is 1.30 bits per heavy atom. The predicted molar refractivity (Wildman–Crippen MR) is 191 cm³/mol. The number of benzene rings is 3. The van der Waals surface area contributed by atoms with Crippen LogP contribution in [0.3, 0.4) is 0 Å². The fourth-order valence-corrected chi connectivity index (χ4v) is 7.47. The second-order valence-electron chi connectivity index (χ2n) is 14.3. The average Bonchev–Trinajstić information content (AvgIpc) is 2.99. The number of ether oxygens (including phenoxy) is 1. The number of esters is 1. The summed E-state index contributed by atoms with van der Waals surface area (Å²) < 4.78 is 12.8. The summed E-state index contributed by atoms with van der Waals surface area (Å²) in [6.45, 7) is 16.6. The molecule has 0 fully saturated rings. The summed E-state index contributed by atoms with van der Waals surface area (Å²) in [6.07, 6.45) is 4.69. The van der Waals surface area contributed by atoms with Gasteiger partial charge in [0.2, 0.25) is 5.91 Å². The molecule has 3 aromatic carbocycles. The zero-order valence-corrected chi connectivity index (χ0v) is 29.9. The second kappa shape index (κ2) is 17.4. The number of hydrazine groups is 1. The molecule has 1 amide bonds. The number of rotatable bonds is 15. The molecule has 0 aliphatic rings. The monoisotopic (exact) mass is 641 g/mol. The highest BCUT2D eigenvalue weighted by atomic mass is 28.3. The zero-order chi connectivity index (χ0) is 33.7. The SMILES string of the molecule is CC(C)C[C@@H](C(=O)NNCC(O[Si](c1ccccc1)c1ccccc1)C(C)(C)C)[C@H](C/C=C/c1ccccc1)C(=O)OC(C)(C)C. The van der Waals surface area contributed by atoms with E-state index in [1.807, 2.05) is 99.7 Å². The lowest BCUT2D eigenvalue weighted by atomic mass is 9.82. The van der Waals surface area contributed by atoms with Crippen LogP contribution in [0.2, 0.25) is 0 Å². The van der Waals surface area contributed by atoms with Gasteiger partial charge in [-0.2, -0.15) is 0 Å². The molecule has 1 unspecified atom stereocenters. The van der Waals surface area contributed by atoms with Crippen LogP contribution in [-0.2, 0) is 18.8 Å². The van der Waals surface area contributed by atoms with Crippen LogP contribution >= 0.6 is 0 Å². The molecular weight excluding hydrogens is 589 g/mol. The Morgan fingerprint density at radius 1 is 0.783 bits per heavy atom. The summed E-state index contributed by atoms with van der Waals surface area (Å²) >= 11 is 0. The maximum Gasteiger partial charge on any atom is 0.310 e. The van der Waals surface area contributed by atoms with Crippen molar-refractivity contribution >= 4 is 37.4 Å². The molecule has 0 heterocycles. The Bertz CT molecular complexity index is 1330. The molecule has 0 saturated heterocycles. The van der Waals surface area contributed by atoms with Gasteiger partial charge in [0.15, 0.2) is 0 Å². The summed E-state index contributed by atoms with van der Waals surface area (Å²) in [4.78, 5) is 27.4. The van der Waals surface area contributed by atoms with Gasteiger partial charge in [0.05, 0.1) is 17.9 Å². The summed E-state index contributed by atoms with van der Waals surface area (Å²) in [5, 5.41) is 2.33. The van der Waals surface area contributed by atoms with Gasteiger partial charge < -0.3 is 9.16 Å².